The second-order valence-corrected chi connectivity index (χ2v) is 10.9. The Morgan fingerprint density at radius 1 is 1.09 bits per heavy atom. The molecule has 188 valence electrons. The molecule has 0 saturated heterocycles. The third kappa shape index (κ3) is 4.12. The quantitative estimate of drug-likeness (QED) is 0.706. The van der Waals surface area contributed by atoms with Crippen LogP contribution >= 0.6 is 0 Å². The summed E-state index contributed by atoms with van der Waals surface area (Å²) >= 11 is 0. The Balaban J connectivity index is 1.35. The van der Waals surface area contributed by atoms with Gasteiger partial charge in [0.2, 0.25) is 0 Å². The van der Waals surface area contributed by atoms with E-state index in [2.05, 4.69) is 4.98 Å². The number of aliphatic hydroxyl groups is 1. The second kappa shape index (κ2) is 8.53. The normalized spacial score (nSPS) is 30.7. The molecule has 2 aromatic heterocycles. The molecule has 0 aromatic carbocycles. The first-order valence-corrected chi connectivity index (χ1v) is 12.5. The van der Waals surface area contributed by atoms with Crippen molar-refractivity contribution >= 4 is 11.2 Å². The maximum atomic E-state index is 13.4. The van der Waals surface area contributed by atoms with Gasteiger partial charge in [-0.25, -0.2) is 9.78 Å². The Labute approximate surface area is 195 Å². The number of rotatable bonds is 5. The summed E-state index contributed by atoms with van der Waals surface area (Å²) in [6, 6.07) is 0. The van der Waals surface area contributed by atoms with Crippen LogP contribution in [0.15, 0.2) is 15.9 Å². The molecule has 1 N–H and O–H groups in total. The number of hydrogen-bond acceptors (Lipinski definition) is 4. The van der Waals surface area contributed by atoms with E-state index in [9.17, 15) is 27.9 Å². The SMILES string of the molecule is Cn1c(=O)n(CC2CCC(O)(C(F)(F)F)CC2)c(=O)c2c1ncn2CC1CC1C1CCCCC1. The van der Waals surface area contributed by atoms with Gasteiger partial charge >= 0.3 is 11.9 Å². The van der Waals surface area contributed by atoms with Crippen molar-refractivity contribution in [2.75, 3.05) is 0 Å². The van der Waals surface area contributed by atoms with E-state index in [1.807, 2.05) is 4.57 Å². The van der Waals surface area contributed by atoms with Crippen molar-refractivity contribution in [3.63, 3.8) is 0 Å². The van der Waals surface area contributed by atoms with Crippen LogP contribution in [0.25, 0.3) is 11.2 Å². The van der Waals surface area contributed by atoms with Crippen LogP contribution in [-0.4, -0.2) is 35.6 Å². The van der Waals surface area contributed by atoms with Gasteiger partial charge in [0.05, 0.1) is 6.33 Å². The Morgan fingerprint density at radius 3 is 2.41 bits per heavy atom. The molecule has 2 unspecified atom stereocenters. The summed E-state index contributed by atoms with van der Waals surface area (Å²) in [6.07, 6.45) is 4.01. The van der Waals surface area contributed by atoms with Crippen molar-refractivity contribution in [3.8, 4) is 0 Å². The summed E-state index contributed by atoms with van der Waals surface area (Å²) in [7, 11) is 1.57. The maximum Gasteiger partial charge on any atom is 0.417 e. The molecule has 2 atom stereocenters. The molecule has 3 saturated carbocycles. The Morgan fingerprint density at radius 2 is 1.76 bits per heavy atom. The van der Waals surface area contributed by atoms with Crippen LogP contribution in [0.1, 0.15) is 64.2 Å². The molecule has 2 heterocycles. The highest BCUT2D eigenvalue weighted by Gasteiger charge is 2.54. The van der Waals surface area contributed by atoms with Crippen LogP contribution in [0.5, 0.6) is 0 Å². The minimum absolute atomic E-state index is 0.0503. The molecule has 3 fully saturated rings. The van der Waals surface area contributed by atoms with Crippen molar-refractivity contribution in [1.82, 2.24) is 18.7 Å². The summed E-state index contributed by atoms with van der Waals surface area (Å²) in [4.78, 5) is 30.6. The molecular weight excluding hydrogens is 449 g/mol. The molecule has 0 aliphatic heterocycles. The van der Waals surface area contributed by atoms with E-state index in [1.165, 1.54) is 36.7 Å². The van der Waals surface area contributed by atoms with Crippen LogP contribution in [0.4, 0.5) is 13.2 Å². The van der Waals surface area contributed by atoms with Crippen molar-refractivity contribution in [2.24, 2.45) is 30.7 Å². The number of aryl methyl sites for hydroxylation is 1. The zero-order valence-electron chi connectivity index (χ0n) is 19.6. The van der Waals surface area contributed by atoms with Crippen LogP contribution in [0.2, 0.25) is 0 Å². The lowest BCUT2D eigenvalue weighted by Gasteiger charge is -2.37. The molecule has 0 amide bonds. The molecule has 0 spiro atoms. The zero-order chi connectivity index (χ0) is 24.3. The van der Waals surface area contributed by atoms with Crippen molar-refractivity contribution in [1.29, 1.82) is 0 Å². The number of hydrogen-bond donors (Lipinski definition) is 1. The van der Waals surface area contributed by atoms with E-state index < -0.39 is 35.9 Å². The Bertz CT molecular complexity index is 1170. The fraction of sp³-hybridized carbons (Fsp3) is 0.792. The van der Waals surface area contributed by atoms with Gasteiger partial charge in [-0.05, 0) is 55.8 Å². The molecule has 3 aliphatic rings. The first-order chi connectivity index (χ1) is 16.1. The number of alkyl halides is 3. The number of nitrogens with zero attached hydrogens (tertiary/aromatic N) is 4. The third-order valence-corrected chi connectivity index (χ3v) is 8.67. The second-order valence-electron chi connectivity index (χ2n) is 10.9. The molecule has 34 heavy (non-hydrogen) atoms. The summed E-state index contributed by atoms with van der Waals surface area (Å²) in [6.45, 7) is 0.752. The predicted octanol–water partition coefficient (Wildman–Crippen LogP) is 3.60. The van der Waals surface area contributed by atoms with Gasteiger partial charge in [0.25, 0.3) is 5.56 Å². The molecule has 5 rings (SSSR count). The van der Waals surface area contributed by atoms with Gasteiger partial charge in [-0.1, -0.05) is 32.1 Å². The third-order valence-electron chi connectivity index (χ3n) is 8.67. The molecule has 7 nitrogen and oxygen atoms in total. The van der Waals surface area contributed by atoms with Crippen molar-refractivity contribution in [2.45, 2.75) is 89.1 Å². The van der Waals surface area contributed by atoms with Gasteiger partial charge in [-0.2, -0.15) is 13.2 Å². The van der Waals surface area contributed by atoms with Gasteiger partial charge in [0.1, 0.15) is 0 Å². The fourth-order valence-corrected chi connectivity index (χ4v) is 6.37. The zero-order valence-corrected chi connectivity index (χ0v) is 19.6. The van der Waals surface area contributed by atoms with E-state index in [1.54, 1.807) is 13.4 Å². The van der Waals surface area contributed by atoms with Gasteiger partial charge < -0.3 is 9.67 Å². The molecule has 3 aliphatic carbocycles. The van der Waals surface area contributed by atoms with Crippen molar-refractivity contribution in [3.05, 3.63) is 27.2 Å². The number of aromatic nitrogens is 4. The number of halogens is 3. The van der Waals surface area contributed by atoms with Gasteiger partial charge in [0, 0.05) is 20.1 Å². The van der Waals surface area contributed by atoms with Crippen LogP contribution < -0.4 is 11.2 Å². The van der Waals surface area contributed by atoms with E-state index in [0.29, 0.717) is 29.5 Å². The molecule has 0 radical (unpaired) electrons. The summed E-state index contributed by atoms with van der Waals surface area (Å²) < 4.78 is 43.8. The summed E-state index contributed by atoms with van der Waals surface area (Å²) in [5.74, 6) is 1.71. The van der Waals surface area contributed by atoms with Gasteiger partial charge in [-0.3, -0.25) is 13.9 Å². The Hall–Kier alpha value is -2.10. The minimum atomic E-state index is -4.67. The van der Waals surface area contributed by atoms with E-state index >= 15 is 0 Å². The standard InChI is InChI=1S/C24H33F3N4O3/c1-29-20-19(30(14-28-20)13-17-11-18(17)16-5-3-2-4-6-16)21(32)31(22(29)33)12-15-7-9-23(34,10-8-15)24(25,26)27/h14-18,34H,2-13H2,1H3. The van der Waals surface area contributed by atoms with Gasteiger partial charge in [-0.15, -0.1) is 0 Å². The molecular formula is C24H33F3N4O3. The highest BCUT2D eigenvalue weighted by atomic mass is 19.4. The largest absolute Gasteiger partial charge is 0.417 e. The predicted molar refractivity (Wildman–Crippen MR) is 120 cm³/mol. The molecule has 0 bridgehead atoms. The molecule has 10 heteroatoms. The average Bonchev–Trinajstić information content (AvgIpc) is 3.45. The maximum absolute atomic E-state index is 13.4. The summed E-state index contributed by atoms with van der Waals surface area (Å²) in [5.41, 5.74) is -2.88. The summed E-state index contributed by atoms with van der Waals surface area (Å²) in [5, 5.41) is 9.93. The van der Waals surface area contributed by atoms with Crippen LogP contribution in [0, 0.1) is 23.7 Å². The number of imidazole rings is 1. The lowest BCUT2D eigenvalue weighted by Crippen LogP contribution is -2.49. The Kier molecular flexibility index (Phi) is 5.93. The lowest BCUT2D eigenvalue weighted by molar-refractivity contribution is -0.272. The lowest BCUT2D eigenvalue weighted by atomic mass is 9.78. The fourth-order valence-electron chi connectivity index (χ4n) is 6.37. The number of fused-ring (bicyclic) bond motifs is 1. The highest BCUT2D eigenvalue weighted by molar-refractivity contribution is 5.70. The van der Waals surface area contributed by atoms with E-state index in [0.717, 1.165) is 16.9 Å². The van der Waals surface area contributed by atoms with Gasteiger partial charge in [0.15, 0.2) is 16.8 Å². The highest BCUT2D eigenvalue weighted by Crippen LogP contribution is 2.50. The minimum Gasteiger partial charge on any atom is -0.380 e. The monoisotopic (exact) mass is 482 g/mol. The van der Waals surface area contributed by atoms with Crippen LogP contribution in [0.3, 0.4) is 0 Å². The topological polar surface area (TPSA) is 82.0 Å². The van der Waals surface area contributed by atoms with E-state index in [-0.39, 0.29) is 25.3 Å². The average molecular weight is 483 g/mol. The van der Waals surface area contributed by atoms with Crippen molar-refractivity contribution < 1.29 is 18.3 Å². The first kappa shape index (κ1) is 23.6. The molecule has 2 aromatic rings. The van der Waals surface area contributed by atoms with E-state index in [4.69, 9.17) is 0 Å². The smallest absolute Gasteiger partial charge is 0.380 e. The van der Waals surface area contributed by atoms with Crippen LogP contribution in [-0.2, 0) is 20.1 Å². The first-order valence-electron chi connectivity index (χ1n) is 12.5.